The summed E-state index contributed by atoms with van der Waals surface area (Å²) >= 11 is 0. The Bertz CT molecular complexity index is 628. The third-order valence-corrected chi connectivity index (χ3v) is 3.96. The van der Waals surface area contributed by atoms with Gasteiger partial charge in [0.2, 0.25) is 0 Å². The summed E-state index contributed by atoms with van der Waals surface area (Å²) in [5, 5.41) is 1.15. The Morgan fingerprint density at radius 3 is 2.58 bits per heavy atom. The van der Waals surface area contributed by atoms with E-state index < -0.39 is 10.1 Å². The summed E-state index contributed by atoms with van der Waals surface area (Å²) in [6.07, 6.45) is 6.01. The van der Waals surface area contributed by atoms with Gasteiger partial charge >= 0.3 is 0 Å². The van der Waals surface area contributed by atoms with Crippen molar-refractivity contribution in [2.45, 2.75) is 32.1 Å². The first kappa shape index (κ1) is 14.1. The summed E-state index contributed by atoms with van der Waals surface area (Å²) in [6, 6.07) is 7.94. The third-order valence-electron chi connectivity index (χ3n) is 3.16. The van der Waals surface area contributed by atoms with Crippen LogP contribution in [0, 0.1) is 0 Å². The van der Waals surface area contributed by atoms with Crippen LogP contribution in [0.2, 0.25) is 0 Å². The van der Waals surface area contributed by atoms with Crippen LogP contribution in [-0.4, -0.2) is 18.7 Å². The van der Waals surface area contributed by atoms with E-state index in [4.69, 9.17) is 8.97 Å². The molecule has 0 amide bonds. The van der Waals surface area contributed by atoms with E-state index in [2.05, 4.69) is 0 Å². The van der Waals surface area contributed by atoms with Crippen LogP contribution in [0.1, 0.15) is 31.2 Å². The van der Waals surface area contributed by atoms with Crippen LogP contribution in [-0.2, 0) is 16.5 Å². The molecule has 2 rings (SSSR count). The predicted molar refractivity (Wildman–Crippen MR) is 74.8 cm³/mol. The summed E-state index contributed by atoms with van der Waals surface area (Å²) < 4.78 is 35.1. The van der Waals surface area contributed by atoms with Gasteiger partial charge in [-0.05, 0) is 30.9 Å². The van der Waals surface area contributed by atoms with Crippen LogP contribution in [0.15, 0.2) is 34.9 Å². The molecule has 104 valence electrons. The number of benzene rings is 1. The number of fused-ring (bicyclic) bond motifs is 1. The summed E-state index contributed by atoms with van der Waals surface area (Å²) in [5.41, 5.74) is 2.11. The average molecular weight is 282 g/mol. The molecule has 2 aromatic rings. The normalized spacial score (nSPS) is 12.1. The number of rotatable bonds is 7. The van der Waals surface area contributed by atoms with E-state index in [-0.39, 0.29) is 5.75 Å². The van der Waals surface area contributed by atoms with Gasteiger partial charge in [0.25, 0.3) is 10.1 Å². The van der Waals surface area contributed by atoms with E-state index >= 15 is 0 Å². The van der Waals surface area contributed by atoms with Crippen LogP contribution in [0.5, 0.6) is 0 Å². The van der Waals surface area contributed by atoms with Crippen molar-refractivity contribution in [3.63, 3.8) is 0 Å². The van der Waals surface area contributed by atoms with Crippen LogP contribution in [0.3, 0.4) is 0 Å². The standard InChI is InChI=1S/C14H18O4S/c15-19(16,17)10-6-2-1-3-7-12-11-18-14-9-5-4-8-13(12)14/h4-5,8-9,11H,1-3,6-7,10H2,(H,15,16,17). The zero-order valence-corrected chi connectivity index (χ0v) is 11.5. The topological polar surface area (TPSA) is 67.5 Å². The van der Waals surface area contributed by atoms with Gasteiger partial charge in [0, 0.05) is 5.39 Å². The van der Waals surface area contributed by atoms with E-state index in [1.165, 1.54) is 5.56 Å². The quantitative estimate of drug-likeness (QED) is 0.624. The average Bonchev–Trinajstić information content (AvgIpc) is 2.76. The van der Waals surface area contributed by atoms with Crippen molar-refractivity contribution in [1.82, 2.24) is 0 Å². The Balaban J connectivity index is 1.74. The molecule has 5 heteroatoms. The summed E-state index contributed by atoms with van der Waals surface area (Å²) in [7, 11) is -3.80. The van der Waals surface area contributed by atoms with E-state index in [1.807, 2.05) is 24.3 Å². The zero-order valence-electron chi connectivity index (χ0n) is 10.7. The molecule has 19 heavy (non-hydrogen) atoms. The highest BCUT2D eigenvalue weighted by Crippen LogP contribution is 2.22. The molecule has 0 aliphatic heterocycles. The maximum Gasteiger partial charge on any atom is 0.264 e. The Hall–Kier alpha value is -1.33. The van der Waals surface area contributed by atoms with Gasteiger partial charge in [0.1, 0.15) is 5.58 Å². The first-order chi connectivity index (χ1) is 9.06. The predicted octanol–water partition coefficient (Wildman–Crippen LogP) is 3.42. The van der Waals surface area contributed by atoms with Crippen molar-refractivity contribution in [2.24, 2.45) is 0 Å². The number of unbranched alkanes of at least 4 members (excludes halogenated alkanes) is 3. The number of para-hydroxylation sites is 1. The molecule has 0 saturated heterocycles. The van der Waals surface area contributed by atoms with Crippen molar-refractivity contribution in [1.29, 1.82) is 0 Å². The first-order valence-corrected chi connectivity index (χ1v) is 8.07. The number of hydrogen-bond donors (Lipinski definition) is 1. The smallest absolute Gasteiger partial charge is 0.264 e. The van der Waals surface area contributed by atoms with Gasteiger partial charge in [-0.1, -0.05) is 31.0 Å². The Labute approximate surface area is 113 Å². The molecule has 0 radical (unpaired) electrons. The van der Waals surface area contributed by atoms with Gasteiger partial charge in [-0.15, -0.1) is 0 Å². The lowest BCUT2D eigenvalue weighted by atomic mass is 10.1. The Morgan fingerprint density at radius 1 is 1.05 bits per heavy atom. The number of hydrogen-bond acceptors (Lipinski definition) is 3. The second-order valence-corrected chi connectivity index (χ2v) is 6.28. The van der Waals surface area contributed by atoms with Crippen molar-refractivity contribution in [3.8, 4) is 0 Å². The largest absolute Gasteiger partial charge is 0.464 e. The SMILES string of the molecule is O=S(=O)(O)CCCCCCc1coc2ccccc12. The lowest BCUT2D eigenvalue weighted by molar-refractivity contribution is 0.479. The molecular weight excluding hydrogens is 264 g/mol. The second kappa shape index (κ2) is 6.21. The van der Waals surface area contributed by atoms with E-state index in [1.54, 1.807) is 6.26 Å². The van der Waals surface area contributed by atoms with Crippen molar-refractivity contribution >= 4 is 21.1 Å². The third kappa shape index (κ3) is 4.36. The summed E-state index contributed by atoms with van der Waals surface area (Å²) in [5.74, 6) is -0.137. The maximum absolute atomic E-state index is 10.5. The van der Waals surface area contributed by atoms with Gasteiger partial charge in [-0.3, -0.25) is 4.55 Å². The lowest BCUT2D eigenvalue weighted by Crippen LogP contribution is -2.03. The highest BCUT2D eigenvalue weighted by Gasteiger charge is 2.05. The van der Waals surface area contributed by atoms with Crippen LogP contribution in [0.25, 0.3) is 11.0 Å². The van der Waals surface area contributed by atoms with Gasteiger partial charge in [-0.2, -0.15) is 8.42 Å². The molecule has 1 aromatic heterocycles. The Kier molecular flexibility index (Phi) is 4.61. The lowest BCUT2D eigenvalue weighted by Gasteiger charge is -2.00. The minimum absolute atomic E-state index is 0.137. The van der Waals surface area contributed by atoms with Gasteiger partial charge in [-0.25, -0.2) is 0 Å². The fourth-order valence-corrected chi connectivity index (χ4v) is 2.75. The summed E-state index contributed by atoms with van der Waals surface area (Å²) in [4.78, 5) is 0. The first-order valence-electron chi connectivity index (χ1n) is 6.46. The molecule has 1 heterocycles. The molecule has 0 aliphatic rings. The highest BCUT2D eigenvalue weighted by molar-refractivity contribution is 7.85. The van der Waals surface area contributed by atoms with E-state index in [0.29, 0.717) is 6.42 Å². The molecular formula is C14H18O4S. The monoisotopic (exact) mass is 282 g/mol. The van der Waals surface area contributed by atoms with Crippen LogP contribution in [0.4, 0.5) is 0 Å². The molecule has 1 aromatic carbocycles. The van der Waals surface area contributed by atoms with E-state index in [9.17, 15) is 8.42 Å². The fourth-order valence-electron chi connectivity index (χ4n) is 2.18. The molecule has 0 spiro atoms. The fraction of sp³-hybridized carbons (Fsp3) is 0.429. The molecule has 0 saturated carbocycles. The van der Waals surface area contributed by atoms with Crippen molar-refractivity contribution in [3.05, 3.63) is 36.1 Å². The Morgan fingerprint density at radius 2 is 1.79 bits per heavy atom. The van der Waals surface area contributed by atoms with Crippen LogP contribution < -0.4 is 0 Å². The van der Waals surface area contributed by atoms with Gasteiger partial charge < -0.3 is 4.42 Å². The molecule has 0 aliphatic carbocycles. The number of aryl methyl sites for hydroxylation is 1. The molecule has 0 atom stereocenters. The minimum atomic E-state index is -3.80. The van der Waals surface area contributed by atoms with Gasteiger partial charge in [0.05, 0.1) is 12.0 Å². The molecule has 0 bridgehead atoms. The van der Waals surface area contributed by atoms with Gasteiger partial charge in [0.15, 0.2) is 0 Å². The molecule has 0 fully saturated rings. The van der Waals surface area contributed by atoms with Crippen molar-refractivity contribution < 1.29 is 17.4 Å². The molecule has 1 N–H and O–H groups in total. The zero-order chi connectivity index (χ0) is 13.7. The van der Waals surface area contributed by atoms with Crippen molar-refractivity contribution in [2.75, 3.05) is 5.75 Å². The van der Waals surface area contributed by atoms with E-state index in [0.717, 1.165) is 36.7 Å². The second-order valence-electron chi connectivity index (χ2n) is 4.71. The molecule has 0 unspecified atom stereocenters. The number of furan rings is 1. The minimum Gasteiger partial charge on any atom is -0.464 e. The summed E-state index contributed by atoms with van der Waals surface area (Å²) in [6.45, 7) is 0. The maximum atomic E-state index is 10.5. The molecule has 4 nitrogen and oxygen atoms in total. The highest BCUT2D eigenvalue weighted by atomic mass is 32.2. The van der Waals surface area contributed by atoms with Crippen LogP contribution >= 0.6 is 0 Å².